The Balaban J connectivity index is 1.77. The van der Waals surface area contributed by atoms with Crippen LogP contribution in [0.5, 0.6) is 0 Å². The fourth-order valence-electron chi connectivity index (χ4n) is 4.08. The third kappa shape index (κ3) is 5.12. The van der Waals surface area contributed by atoms with Gasteiger partial charge in [-0.1, -0.05) is 30.3 Å². The number of amides is 2. The highest BCUT2D eigenvalue weighted by molar-refractivity contribution is 7.99. The fraction of sp³-hybridized carbons (Fsp3) is 0.571. The van der Waals surface area contributed by atoms with Gasteiger partial charge in [0, 0.05) is 24.7 Å². The van der Waals surface area contributed by atoms with Gasteiger partial charge in [0.2, 0.25) is 11.8 Å². The Morgan fingerprint density at radius 1 is 1.30 bits per heavy atom. The lowest BCUT2D eigenvalue weighted by Crippen LogP contribution is -2.57. The van der Waals surface area contributed by atoms with E-state index in [0.29, 0.717) is 38.1 Å². The molecule has 2 aliphatic heterocycles. The summed E-state index contributed by atoms with van der Waals surface area (Å²) in [6, 6.07) is 8.46. The molecule has 3 N–H and O–H groups in total. The number of likely N-dealkylation sites (tertiary alicyclic amines) is 1. The minimum atomic E-state index is -1.02. The highest BCUT2D eigenvalue weighted by atomic mass is 32.2. The van der Waals surface area contributed by atoms with Gasteiger partial charge in [-0.25, -0.2) is 4.79 Å². The maximum absolute atomic E-state index is 13.4. The van der Waals surface area contributed by atoms with Gasteiger partial charge in [0.15, 0.2) is 0 Å². The van der Waals surface area contributed by atoms with Crippen LogP contribution in [0.1, 0.15) is 24.8 Å². The Bertz CT molecular complexity index is 748. The summed E-state index contributed by atoms with van der Waals surface area (Å²) in [5.74, 6) is 1.03. The zero-order valence-electron chi connectivity index (χ0n) is 17.1. The van der Waals surface area contributed by atoms with Crippen LogP contribution in [0, 0.1) is 0 Å². The van der Waals surface area contributed by atoms with Gasteiger partial charge in [-0.05, 0) is 36.8 Å². The maximum Gasteiger partial charge on any atom is 0.326 e. The molecule has 2 atom stereocenters. The number of nitrogens with one attached hydrogen (secondary N) is 2. The summed E-state index contributed by atoms with van der Waals surface area (Å²) < 4.78 is 0. The van der Waals surface area contributed by atoms with Crippen molar-refractivity contribution in [1.29, 1.82) is 0 Å². The van der Waals surface area contributed by atoms with Crippen LogP contribution in [-0.4, -0.2) is 76.6 Å². The van der Waals surface area contributed by atoms with Crippen molar-refractivity contribution in [1.82, 2.24) is 15.5 Å². The molecule has 0 aliphatic carbocycles. The molecule has 3 rings (SSSR count). The highest BCUT2D eigenvalue weighted by Crippen LogP contribution is 2.36. The molecule has 1 aromatic rings. The van der Waals surface area contributed by atoms with E-state index in [-0.39, 0.29) is 17.9 Å². The molecule has 2 fully saturated rings. The molecule has 0 bridgehead atoms. The highest BCUT2D eigenvalue weighted by Gasteiger charge is 2.45. The topological polar surface area (TPSA) is 98.7 Å². The summed E-state index contributed by atoms with van der Waals surface area (Å²) in [7, 11) is 0. The van der Waals surface area contributed by atoms with Gasteiger partial charge in [-0.15, -0.1) is 11.8 Å². The zero-order valence-corrected chi connectivity index (χ0v) is 18.8. The van der Waals surface area contributed by atoms with Crippen LogP contribution in [0.4, 0.5) is 0 Å². The number of carbonyl (C=O) groups excluding carboxylic acids is 2. The fourth-order valence-corrected chi connectivity index (χ4v) is 5.48. The van der Waals surface area contributed by atoms with Gasteiger partial charge in [0.1, 0.15) is 6.04 Å². The van der Waals surface area contributed by atoms with E-state index in [4.69, 9.17) is 0 Å². The number of piperidine rings is 1. The molecule has 2 amide bonds. The van der Waals surface area contributed by atoms with Crippen molar-refractivity contribution in [2.45, 2.75) is 36.8 Å². The number of thioether (sulfide) groups is 2. The Morgan fingerprint density at radius 2 is 2.00 bits per heavy atom. The average Bonchev–Trinajstić information content (AvgIpc) is 3.31. The molecular formula is C21H29N3O4S2. The Hall–Kier alpha value is -1.71. The number of aliphatic carboxylic acids is 1. The monoisotopic (exact) mass is 451 g/mol. The molecule has 0 aromatic heterocycles. The number of benzene rings is 1. The van der Waals surface area contributed by atoms with E-state index in [1.165, 1.54) is 0 Å². The number of hydrogen-bond donors (Lipinski definition) is 3. The van der Waals surface area contributed by atoms with E-state index in [0.717, 1.165) is 17.2 Å². The van der Waals surface area contributed by atoms with E-state index in [9.17, 15) is 19.5 Å². The molecule has 0 unspecified atom stereocenters. The molecular weight excluding hydrogens is 422 g/mol. The number of carbonyl (C=O) groups is 3. The Morgan fingerprint density at radius 3 is 2.57 bits per heavy atom. The van der Waals surface area contributed by atoms with Crippen LogP contribution in [0.2, 0.25) is 0 Å². The van der Waals surface area contributed by atoms with Gasteiger partial charge < -0.3 is 15.3 Å². The smallest absolute Gasteiger partial charge is 0.326 e. The summed E-state index contributed by atoms with van der Waals surface area (Å²) >= 11 is 3.27. The molecule has 0 spiro atoms. The second-order valence-corrected chi connectivity index (χ2v) is 9.71. The first-order valence-electron chi connectivity index (χ1n) is 10.2. The van der Waals surface area contributed by atoms with Gasteiger partial charge in [0.05, 0.1) is 11.5 Å². The van der Waals surface area contributed by atoms with Gasteiger partial charge in [-0.3, -0.25) is 14.9 Å². The Kier molecular flexibility index (Phi) is 8.07. The number of hydrogen-bond acceptors (Lipinski definition) is 6. The largest absolute Gasteiger partial charge is 0.480 e. The van der Waals surface area contributed by atoms with E-state index < -0.39 is 17.4 Å². The number of carboxylic acid groups (broad SMARTS) is 1. The predicted molar refractivity (Wildman–Crippen MR) is 121 cm³/mol. The quantitative estimate of drug-likeness (QED) is 0.551. The third-order valence-corrected chi connectivity index (χ3v) is 7.50. The second kappa shape index (κ2) is 10.5. The summed E-state index contributed by atoms with van der Waals surface area (Å²) in [5, 5.41) is 15.6. The first kappa shape index (κ1) is 23.0. The molecule has 1 aromatic carbocycles. The van der Waals surface area contributed by atoms with Crippen molar-refractivity contribution >= 4 is 41.3 Å². The van der Waals surface area contributed by atoms with Crippen LogP contribution in [0.25, 0.3) is 0 Å². The number of carboxylic acids is 1. The first-order chi connectivity index (χ1) is 14.5. The molecule has 2 saturated heterocycles. The zero-order chi connectivity index (χ0) is 21.6. The van der Waals surface area contributed by atoms with Gasteiger partial charge in [-0.2, -0.15) is 11.8 Å². The van der Waals surface area contributed by atoms with Crippen molar-refractivity contribution in [3.05, 3.63) is 35.9 Å². The normalized spacial score (nSPS) is 21.8. The number of nitrogens with zero attached hydrogens (tertiary/aromatic N) is 1. The molecule has 30 heavy (non-hydrogen) atoms. The third-order valence-electron chi connectivity index (χ3n) is 5.92. The van der Waals surface area contributed by atoms with Crippen molar-refractivity contribution < 1.29 is 19.5 Å². The van der Waals surface area contributed by atoms with Crippen molar-refractivity contribution in [2.75, 3.05) is 36.7 Å². The van der Waals surface area contributed by atoms with E-state index in [1.807, 2.05) is 41.5 Å². The Labute approximate surface area is 185 Å². The van der Waals surface area contributed by atoms with E-state index in [2.05, 4.69) is 10.6 Å². The van der Waals surface area contributed by atoms with Crippen molar-refractivity contribution in [3.63, 3.8) is 0 Å². The minimum Gasteiger partial charge on any atom is -0.480 e. The van der Waals surface area contributed by atoms with Crippen LogP contribution in [0.3, 0.4) is 0 Å². The summed E-state index contributed by atoms with van der Waals surface area (Å²) in [4.78, 5) is 39.7. The summed E-state index contributed by atoms with van der Waals surface area (Å²) in [5.41, 5.74) is 0.0429. The van der Waals surface area contributed by atoms with Crippen LogP contribution < -0.4 is 10.6 Å². The van der Waals surface area contributed by atoms with Crippen molar-refractivity contribution in [2.24, 2.45) is 0 Å². The van der Waals surface area contributed by atoms with E-state index in [1.54, 1.807) is 23.5 Å². The van der Waals surface area contributed by atoms with Crippen LogP contribution >= 0.6 is 23.5 Å². The van der Waals surface area contributed by atoms with Crippen LogP contribution in [-0.2, 0) is 19.8 Å². The van der Waals surface area contributed by atoms with Gasteiger partial charge >= 0.3 is 5.97 Å². The molecule has 0 saturated carbocycles. The van der Waals surface area contributed by atoms with Crippen molar-refractivity contribution in [3.8, 4) is 0 Å². The second-order valence-electron chi connectivity index (χ2n) is 7.69. The molecule has 7 nitrogen and oxygen atoms in total. The SMILES string of the molecule is CSCC[C@H](NC(=O)C1(c2ccccc2)CCN(C(=O)[C@H]2CSCN2)CC1)C(=O)O. The summed E-state index contributed by atoms with van der Waals surface area (Å²) in [6.45, 7) is 0.957. The lowest BCUT2D eigenvalue weighted by atomic mass is 9.71. The molecule has 2 heterocycles. The van der Waals surface area contributed by atoms with Crippen LogP contribution in [0.15, 0.2) is 30.3 Å². The lowest BCUT2D eigenvalue weighted by molar-refractivity contribution is -0.143. The summed E-state index contributed by atoms with van der Waals surface area (Å²) in [6.07, 6.45) is 3.24. The van der Waals surface area contributed by atoms with Gasteiger partial charge in [0.25, 0.3) is 0 Å². The standard InChI is InChI=1S/C21H29N3O4S2/c1-29-12-7-16(19(26)27)23-20(28)21(15-5-3-2-4-6-15)8-10-24(11-9-21)18(25)17-13-30-14-22-17/h2-6,16-17,22H,7-14H2,1H3,(H,23,28)(H,26,27)/t16-,17+/m0/s1. The molecule has 164 valence electrons. The minimum absolute atomic E-state index is 0.0884. The maximum atomic E-state index is 13.4. The average molecular weight is 452 g/mol. The lowest BCUT2D eigenvalue weighted by Gasteiger charge is -2.42. The molecule has 9 heteroatoms. The number of rotatable bonds is 8. The first-order valence-corrected chi connectivity index (χ1v) is 12.7. The predicted octanol–water partition coefficient (Wildman–Crippen LogP) is 1.53. The molecule has 2 aliphatic rings. The molecule has 0 radical (unpaired) electrons. The van der Waals surface area contributed by atoms with E-state index >= 15 is 0 Å².